The highest BCUT2D eigenvalue weighted by Crippen LogP contribution is 2.44. The van der Waals surface area contributed by atoms with Gasteiger partial charge in [-0.3, -0.25) is 0 Å². The van der Waals surface area contributed by atoms with Crippen LogP contribution in [0.3, 0.4) is 0 Å². The molecule has 0 amide bonds. The second-order valence-electron chi connectivity index (χ2n) is 6.35. The van der Waals surface area contributed by atoms with Gasteiger partial charge in [-0.15, -0.1) is 0 Å². The van der Waals surface area contributed by atoms with Gasteiger partial charge >= 0.3 is 0 Å². The number of ether oxygens (including phenoxy) is 2. The number of fused-ring (bicyclic) bond motifs is 2. The summed E-state index contributed by atoms with van der Waals surface area (Å²) in [4.78, 5) is 4.80. The van der Waals surface area contributed by atoms with Crippen LogP contribution in [0.25, 0.3) is 0 Å². The van der Waals surface area contributed by atoms with E-state index in [9.17, 15) is 0 Å². The van der Waals surface area contributed by atoms with Gasteiger partial charge in [0.1, 0.15) is 11.9 Å². The molecule has 0 saturated carbocycles. The number of nitrogens with zero attached hydrogens (tertiary/aromatic N) is 2. The summed E-state index contributed by atoms with van der Waals surface area (Å²) in [6.45, 7) is 6.90. The van der Waals surface area contributed by atoms with Gasteiger partial charge in [-0.05, 0) is 66.0 Å². The summed E-state index contributed by atoms with van der Waals surface area (Å²) < 4.78 is 12.6. The Morgan fingerprint density at radius 3 is 2.95 bits per heavy atom. The largest absolute Gasteiger partial charge is 0.487 e. The molecule has 6 heteroatoms. The molecule has 0 fully saturated rings. The monoisotopic (exact) mass is 366 g/mol. The van der Waals surface area contributed by atoms with Crippen LogP contribution in [-0.2, 0) is 17.6 Å². The Balaban J connectivity index is 2.01. The standard InChI is InChI=1S/C16H24BBrN2O2/c1-11-10-19(7-8-21-2)16-14(22-11)9-12-3-5-20(17)6-4-13(12)15(16)18/h9,11H,3-8,10,17H2,1-2H3. The van der Waals surface area contributed by atoms with Crippen LogP contribution in [0.1, 0.15) is 18.1 Å². The average Bonchev–Trinajstić information content (AvgIpc) is 2.67. The van der Waals surface area contributed by atoms with Crippen molar-refractivity contribution in [1.82, 2.24) is 4.81 Å². The molecule has 0 aliphatic carbocycles. The van der Waals surface area contributed by atoms with E-state index in [0.29, 0.717) is 0 Å². The first-order chi connectivity index (χ1) is 10.6. The Hall–Kier alpha value is -0.715. The maximum atomic E-state index is 6.13. The number of hydrogen-bond acceptors (Lipinski definition) is 4. The third kappa shape index (κ3) is 3.14. The van der Waals surface area contributed by atoms with Crippen LogP contribution >= 0.6 is 15.9 Å². The summed E-state index contributed by atoms with van der Waals surface area (Å²) in [6, 6.07) is 2.27. The SMILES string of the molecule is BN1CCc2cc3c(c(Br)c2CC1)N(CCOC)CC(C)O3. The zero-order valence-electron chi connectivity index (χ0n) is 13.7. The van der Waals surface area contributed by atoms with Crippen LogP contribution in [0.5, 0.6) is 5.75 Å². The molecule has 22 heavy (non-hydrogen) atoms. The fraction of sp³-hybridized carbons (Fsp3) is 0.625. The summed E-state index contributed by atoms with van der Waals surface area (Å²) in [5.74, 6) is 1.02. The average molecular weight is 367 g/mol. The van der Waals surface area contributed by atoms with Crippen molar-refractivity contribution in [2.75, 3.05) is 44.8 Å². The molecule has 0 spiro atoms. The molecule has 1 atom stereocenters. The lowest BCUT2D eigenvalue weighted by Gasteiger charge is -2.36. The topological polar surface area (TPSA) is 24.9 Å². The smallest absolute Gasteiger partial charge is 0.185 e. The van der Waals surface area contributed by atoms with Crippen molar-refractivity contribution < 1.29 is 9.47 Å². The summed E-state index contributed by atoms with van der Waals surface area (Å²) >= 11 is 3.88. The van der Waals surface area contributed by atoms with Gasteiger partial charge in [-0.1, -0.05) is 0 Å². The molecule has 120 valence electrons. The lowest BCUT2D eigenvalue weighted by molar-refractivity contribution is 0.186. The third-order valence-electron chi connectivity index (χ3n) is 4.59. The molecule has 2 aliphatic rings. The van der Waals surface area contributed by atoms with Gasteiger partial charge in [0.25, 0.3) is 0 Å². The normalized spacial score (nSPS) is 21.8. The van der Waals surface area contributed by atoms with E-state index in [1.54, 1.807) is 7.11 Å². The Morgan fingerprint density at radius 1 is 1.41 bits per heavy atom. The molecule has 0 aromatic heterocycles. The van der Waals surface area contributed by atoms with E-state index in [-0.39, 0.29) is 6.10 Å². The lowest BCUT2D eigenvalue weighted by atomic mass is 10.00. The molecule has 4 nitrogen and oxygen atoms in total. The number of rotatable bonds is 3. The Labute approximate surface area is 142 Å². The molecule has 3 rings (SSSR count). The van der Waals surface area contributed by atoms with Crippen LogP contribution in [0, 0.1) is 0 Å². The number of halogens is 1. The van der Waals surface area contributed by atoms with E-state index in [2.05, 4.69) is 46.6 Å². The zero-order chi connectivity index (χ0) is 15.7. The molecular weight excluding hydrogens is 343 g/mol. The summed E-state index contributed by atoms with van der Waals surface area (Å²) in [6.07, 6.45) is 2.39. The predicted molar refractivity (Wildman–Crippen MR) is 95.8 cm³/mol. The van der Waals surface area contributed by atoms with Crippen molar-refractivity contribution in [3.63, 3.8) is 0 Å². The van der Waals surface area contributed by atoms with Crippen LogP contribution in [-0.4, -0.2) is 58.8 Å². The summed E-state index contributed by atoms with van der Waals surface area (Å²) in [5.41, 5.74) is 4.08. The van der Waals surface area contributed by atoms with Crippen LogP contribution in [0.2, 0.25) is 0 Å². The van der Waals surface area contributed by atoms with Crippen LogP contribution in [0.4, 0.5) is 5.69 Å². The first-order valence-electron chi connectivity index (χ1n) is 8.03. The van der Waals surface area contributed by atoms with Crippen molar-refractivity contribution in [2.45, 2.75) is 25.9 Å². The minimum Gasteiger partial charge on any atom is -0.487 e. The number of benzene rings is 1. The van der Waals surface area contributed by atoms with E-state index in [4.69, 9.17) is 9.47 Å². The molecule has 0 bridgehead atoms. The highest BCUT2D eigenvalue weighted by molar-refractivity contribution is 9.10. The molecule has 1 unspecified atom stereocenters. The molecule has 1 aromatic rings. The number of anilines is 1. The zero-order valence-corrected chi connectivity index (χ0v) is 15.3. The number of methoxy groups -OCH3 is 1. The molecule has 2 aliphatic heterocycles. The Morgan fingerprint density at radius 2 is 2.18 bits per heavy atom. The van der Waals surface area contributed by atoms with Gasteiger partial charge < -0.3 is 19.2 Å². The van der Waals surface area contributed by atoms with Crippen LogP contribution < -0.4 is 9.64 Å². The van der Waals surface area contributed by atoms with E-state index in [1.807, 2.05) is 0 Å². The second-order valence-corrected chi connectivity index (χ2v) is 7.14. The fourth-order valence-electron chi connectivity index (χ4n) is 3.37. The van der Waals surface area contributed by atoms with Crippen molar-refractivity contribution >= 4 is 29.6 Å². The first-order valence-corrected chi connectivity index (χ1v) is 8.82. The Bertz CT molecular complexity index is 555. The third-order valence-corrected chi connectivity index (χ3v) is 5.45. The molecule has 2 heterocycles. The molecule has 1 aromatic carbocycles. The highest BCUT2D eigenvalue weighted by Gasteiger charge is 2.28. The molecular formula is C16H24BBrN2O2. The minimum atomic E-state index is 0.211. The summed E-state index contributed by atoms with van der Waals surface area (Å²) in [7, 11) is 3.95. The van der Waals surface area contributed by atoms with E-state index in [0.717, 1.165) is 51.4 Å². The first kappa shape index (κ1) is 16.2. The number of hydrogen-bond donors (Lipinski definition) is 0. The van der Waals surface area contributed by atoms with Gasteiger partial charge in [-0.25, -0.2) is 0 Å². The summed E-state index contributed by atoms with van der Waals surface area (Å²) in [5, 5.41) is 0. The lowest BCUT2D eigenvalue weighted by Crippen LogP contribution is -2.40. The highest BCUT2D eigenvalue weighted by atomic mass is 79.9. The van der Waals surface area contributed by atoms with Gasteiger partial charge in [0.15, 0.2) is 7.98 Å². The molecule has 0 N–H and O–H groups in total. The maximum absolute atomic E-state index is 6.13. The van der Waals surface area contributed by atoms with Gasteiger partial charge in [0, 0.05) is 18.1 Å². The van der Waals surface area contributed by atoms with Crippen LogP contribution in [0.15, 0.2) is 10.5 Å². The van der Waals surface area contributed by atoms with Gasteiger partial charge in [-0.2, -0.15) is 0 Å². The molecule has 0 saturated heterocycles. The van der Waals surface area contributed by atoms with Crippen molar-refractivity contribution in [3.8, 4) is 5.75 Å². The van der Waals surface area contributed by atoms with E-state index in [1.165, 1.54) is 21.3 Å². The van der Waals surface area contributed by atoms with Crippen molar-refractivity contribution in [3.05, 3.63) is 21.7 Å². The van der Waals surface area contributed by atoms with E-state index < -0.39 is 0 Å². The Kier molecular flexibility index (Phi) is 5.00. The fourth-order valence-corrected chi connectivity index (χ4v) is 4.27. The second kappa shape index (κ2) is 6.81. The van der Waals surface area contributed by atoms with Gasteiger partial charge in [0.2, 0.25) is 0 Å². The van der Waals surface area contributed by atoms with E-state index >= 15 is 0 Å². The quantitative estimate of drug-likeness (QED) is 0.759. The van der Waals surface area contributed by atoms with Gasteiger partial charge in [0.05, 0.1) is 18.8 Å². The van der Waals surface area contributed by atoms with Crippen molar-refractivity contribution in [1.29, 1.82) is 0 Å². The van der Waals surface area contributed by atoms with Crippen molar-refractivity contribution in [2.24, 2.45) is 0 Å². The molecule has 0 radical (unpaired) electrons. The predicted octanol–water partition coefficient (Wildman–Crippen LogP) is 1.63. The minimum absolute atomic E-state index is 0.211. The maximum Gasteiger partial charge on any atom is 0.185 e.